The van der Waals surface area contributed by atoms with Gasteiger partial charge in [-0.05, 0) is 60.0 Å². The Kier molecular flexibility index (Phi) is 7.22. The van der Waals surface area contributed by atoms with Crippen molar-refractivity contribution in [2.75, 3.05) is 0 Å². The second kappa shape index (κ2) is 12.8. The summed E-state index contributed by atoms with van der Waals surface area (Å²) in [5.74, 6) is 1.90. The van der Waals surface area contributed by atoms with Crippen LogP contribution in [0.3, 0.4) is 0 Å². The van der Waals surface area contributed by atoms with Crippen molar-refractivity contribution in [1.82, 2.24) is 9.88 Å². The number of aromatic nitrogens is 1. The molecular weight excluding hydrogens is 717 g/mol. The molecule has 10 aromatic rings. The fourth-order valence-corrected chi connectivity index (χ4v) is 10.1. The Morgan fingerprint density at radius 1 is 0.632 bits per heavy atom. The van der Waals surface area contributed by atoms with Gasteiger partial charge in [-0.15, -0.1) is 11.3 Å². The molecule has 0 saturated heterocycles. The van der Waals surface area contributed by atoms with Gasteiger partial charge in [-0.25, -0.2) is 9.98 Å². The smallest absolute Gasteiger partial charge is 0.160 e. The van der Waals surface area contributed by atoms with Crippen molar-refractivity contribution in [1.29, 1.82) is 0 Å². The van der Waals surface area contributed by atoms with Crippen molar-refractivity contribution in [3.8, 4) is 16.8 Å². The summed E-state index contributed by atoms with van der Waals surface area (Å²) in [6.45, 7) is 0. The van der Waals surface area contributed by atoms with Crippen LogP contribution in [0.5, 0.6) is 0 Å². The predicted octanol–water partition coefficient (Wildman–Crippen LogP) is 13.3. The summed E-state index contributed by atoms with van der Waals surface area (Å²) in [5, 5.41) is 10.8. The highest BCUT2D eigenvalue weighted by Gasteiger charge is 2.26. The van der Waals surface area contributed by atoms with Gasteiger partial charge < -0.3 is 14.3 Å². The first-order chi connectivity index (χ1) is 28.2. The second-order valence-corrected chi connectivity index (χ2v) is 15.9. The fourth-order valence-electron chi connectivity index (χ4n) is 8.86. The monoisotopic (exact) mass is 750 g/mol. The maximum absolute atomic E-state index is 6.71. The first kappa shape index (κ1) is 32.2. The molecule has 270 valence electrons. The van der Waals surface area contributed by atoms with Crippen molar-refractivity contribution in [2.45, 2.75) is 12.6 Å². The molecule has 0 bridgehead atoms. The number of thiophene rings is 1. The summed E-state index contributed by atoms with van der Waals surface area (Å²) in [6.07, 6.45) is 9.35. The molecule has 57 heavy (non-hydrogen) atoms. The van der Waals surface area contributed by atoms with Gasteiger partial charge in [0.15, 0.2) is 5.84 Å². The zero-order valence-electron chi connectivity index (χ0n) is 30.8. The normalized spacial score (nSPS) is 16.9. The molecule has 12 rings (SSSR count). The van der Waals surface area contributed by atoms with Crippen LogP contribution in [-0.4, -0.2) is 16.2 Å². The third kappa shape index (κ3) is 5.14. The van der Waals surface area contributed by atoms with Crippen LogP contribution in [0.4, 0.5) is 0 Å². The summed E-state index contributed by atoms with van der Waals surface area (Å²) in [7, 11) is 0. The van der Waals surface area contributed by atoms with Crippen molar-refractivity contribution in [2.24, 2.45) is 15.9 Å². The molecule has 3 aromatic heterocycles. The quantitative estimate of drug-likeness (QED) is 0.190. The van der Waals surface area contributed by atoms with Crippen LogP contribution in [0.1, 0.15) is 23.7 Å². The van der Waals surface area contributed by atoms with Gasteiger partial charge in [0.05, 0.1) is 11.0 Å². The lowest BCUT2D eigenvalue weighted by molar-refractivity contribution is 0.643. The number of para-hydroxylation sites is 3. The van der Waals surface area contributed by atoms with E-state index in [4.69, 9.17) is 14.4 Å². The highest BCUT2D eigenvalue weighted by atomic mass is 32.1. The van der Waals surface area contributed by atoms with E-state index in [-0.39, 0.29) is 12.1 Å². The molecule has 0 spiro atoms. The molecular formula is C51H34N4OS. The molecule has 0 amide bonds. The Morgan fingerprint density at radius 3 is 2.19 bits per heavy atom. The molecule has 5 nitrogen and oxygen atoms in total. The number of nitrogens with one attached hydrogen (secondary N) is 1. The SMILES string of the molecule is C1=CCC(C2=NC(c3cccc4c3sc3cc(-c5cccc6c5oc5ccc(-n7c8ccccc8c8ccccc87)cc56)ccc34)=NC(c3ccccc3)N2)C=C1. The maximum atomic E-state index is 6.71. The lowest BCUT2D eigenvalue weighted by atomic mass is 9.98. The van der Waals surface area contributed by atoms with Crippen LogP contribution in [0.25, 0.3) is 80.7 Å². The number of aliphatic imine (C=N–C) groups is 2. The zero-order valence-corrected chi connectivity index (χ0v) is 31.6. The van der Waals surface area contributed by atoms with Crippen molar-refractivity contribution in [3.05, 3.63) is 187 Å². The largest absolute Gasteiger partial charge is 0.455 e. The van der Waals surface area contributed by atoms with E-state index in [9.17, 15) is 0 Å². The molecule has 1 aliphatic carbocycles. The van der Waals surface area contributed by atoms with Crippen molar-refractivity contribution >= 4 is 86.9 Å². The van der Waals surface area contributed by atoms with E-state index in [2.05, 4.69) is 180 Å². The van der Waals surface area contributed by atoms with E-state index in [0.29, 0.717) is 0 Å². The van der Waals surface area contributed by atoms with Crippen LogP contribution in [0.2, 0.25) is 0 Å². The van der Waals surface area contributed by atoms with Gasteiger partial charge in [0.2, 0.25) is 0 Å². The molecule has 7 aromatic carbocycles. The van der Waals surface area contributed by atoms with Gasteiger partial charge in [-0.1, -0.05) is 133 Å². The number of furan rings is 1. The lowest BCUT2D eigenvalue weighted by Gasteiger charge is -2.27. The van der Waals surface area contributed by atoms with E-state index in [1.807, 2.05) is 17.4 Å². The summed E-state index contributed by atoms with van der Waals surface area (Å²) < 4.78 is 11.5. The Morgan fingerprint density at radius 2 is 1.39 bits per heavy atom. The van der Waals surface area contributed by atoms with E-state index < -0.39 is 0 Å². The van der Waals surface area contributed by atoms with Gasteiger partial charge in [0.25, 0.3) is 0 Å². The molecule has 6 heteroatoms. The predicted molar refractivity (Wildman–Crippen MR) is 239 cm³/mol. The Balaban J connectivity index is 0.970. The van der Waals surface area contributed by atoms with Gasteiger partial charge in [0, 0.05) is 64.4 Å². The van der Waals surface area contributed by atoms with Crippen LogP contribution in [0, 0.1) is 5.92 Å². The minimum absolute atomic E-state index is 0.178. The van der Waals surface area contributed by atoms with E-state index in [1.165, 1.54) is 42.0 Å². The van der Waals surface area contributed by atoms with E-state index in [1.54, 1.807) is 0 Å². The lowest BCUT2D eigenvalue weighted by Crippen LogP contribution is -2.37. The fraction of sp³-hybridized carbons (Fsp3) is 0.0588. The van der Waals surface area contributed by atoms with E-state index in [0.717, 1.165) is 68.0 Å². The van der Waals surface area contributed by atoms with Crippen LogP contribution < -0.4 is 5.32 Å². The Bertz CT molecular complexity index is 3320. The first-order valence-electron chi connectivity index (χ1n) is 19.5. The summed E-state index contributed by atoms with van der Waals surface area (Å²) in [5.41, 5.74) is 9.68. The molecule has 4 heterocycles. The number of hydrogen-bond donors (Lipinski definition) is 1. The van der Waals surface area contributed by atoms with Gasteiger partial charge >= 0.3 is 0 Å². The highest BCUT2D eigenvalue weighted by Crippen LogP contribution is 2.42. The van der Waals surface area contributed by atoms with Crippen LogP contribution in [0.15, 0.2) is 190 Å². The summed E-state index contributed by atoms with van der Waals surface area (Å²) in [6, 6.07) is 54.2. The second-order valence-electron chi connectivity index (χ2n) is 14.9. The van der Waals surface area contributed by atoms with E-state index >= 15 is 0 Å². The minimum atomic E-state index is -0.216. The molecule has 1 N–H and O–H groups in total. The Hall–Kier alpha value is -7.02. The third-order valence-corrected chi connectivity index (χ3v) is 12.8. The van der Waals surface area contributed by atoms with Gasteiger partial charge in [-0.2, -0.15) is 0 Å². The molecule has 2 atom stereocenters. The molecule has 2 aliphatic rings. The van der Waals surface area contributed by atoms with Crippen molar-refractivity contribution in [3.63, 3.8) is 0 Å². The highest BCUT2D eigenvalue weighted by molar-refractivity contribution is 7.26. The molecule has 0 fully saturated rings. The number of amidine groups is 2. The number of hydrogen-bond acceptors (Lipinski definition) is 5. The molecule has 0 saturated carbocycles. The zero-order chi connectivity index (χ0) is 37.5. The number of fused-ring (bicyclic) bond motifs is 9. The van der Waals surface area contributed by atoms with Gasteiger partial charge in [-0.3, -0.25) is 0 Å². The van der Waals surface area contributed by atoms with Crippen LogP contribution >= 0.6 is 11.3 Å². The number of allylic oxidation sites excluding steroid dienone is 3. The number of nitrogens with zero attached hydrogens (tertiary/aromatic N) is 3. The first-order valence-corrected chi connectivity index (χ1v) is 20.3. The molecule has 1 aliphatic heterocycles. The molecule has 0 radical (unpaired) electrons. The molecule has 2 unspecified atom stereocenters. The standard InChI is InChI=1S/C51H34N4OS/c1-3-13-31(14-4-1)49-52-50(32-15-5-2-6-16-32)54-51(53-49)41-22-12-21-40-38-27-25-33(29-46(38)57-48(40)41)35-19-11-20-39-42-30-34(26-28-45(42)56-47(35)39)55-43-23-9-7-17-36(43)37-18-8-10-24-44(37)55/h1-15,17-30,32,49H,16H2,(H,52,53,54). The summed E-state index contributed by atoms with van der Waals surface area (Å²) in [4.78, 5) is 10.4. The van der Waals surface area contributed by atoms with Crippen molar-refractivity contribution < 1.29 is 4.42 Å². The third-order valence-electron chi connectivity index (χ3n) is 11.6. The minimum Gasteiger partial charge on any atom is -0.455 e. The van der Waals surface area contributed by atoms with Crippen LogP contribution in [-0.2, 0) is 0 Å². The maximum Gasteiger partial charge on any atom is 0.160 e. The average Bonchev–Trinajstić information content (AvgIpc) is 3.96. The number of benzene rings is 7. The Labute approximate surface area is 332 Å². The van der Waals surface area contributed by atoms with Gasteiger partial charge in [0.1, 0.15) is 23.2 Å². The average molecular weight is 751 g/mol. The number of rotatable bonds is 5. The summed E-state index contributed by atoms with van der Waals surface area (Å²) >= 11 is 1.81. The topological polar surface area (TPSA) is 54.8 Å².